The molecule has 0 aliphatic rings. The van der Waals surface area contributed by atoms with Crippen LogP contribution in [0.2, 0.25) is 0 Å². The number of benzene rings is 1. The van der Waals surface area contributed by atoms with Gasteiger partial charge in [-0.3, -0.25) is 9.59 Å². The van der Waals surface area contributed by atoms with E-state index >= 15 is 0 Å². The van der Waals surface area contributed by atoms with Gasteiger partial charge in [-0.15, -0.1) is 0 Å². The van der Waals surface area contributed by atoms with Crippen LogP contribution in [0.25, 0.3) is 0 Å². The number of nitrogens with one attached hydrogen (secondary N) is 1. The van der Waals surface area contributed by atoms with Crippen LogP contribution in [0.1, 0.15) is 12.5 Å². The maximum atomic E-state index is 12.2. The average Bonchev–Trinajstić information content (AvgIpc) is 2.35. The summed E-state index contributed by atoms with van der Waals surface area (Å²) < 4.78 is 28.7. The van der Waals surface area contributed by atoms with Crippen molar-refractivity contribution in [3.63, 3.8) is 0 Å². The van der Waals surface area contributed by atoms with Crippen LogP contribution in [0.3, 0.4) is 0 Å². The highest BCUT2D eigenvalue weighted by molar-refractivity contribution is 6.34. The van der Waals surface area contributed by atoms with Crippen LogP contribution in [-0.4, -0.2) is 24.1 Å². The van der Waals surface area contributed by atoms with Crippen LogP contribution in [0.4, 0.5) is 8.78 Å². The summed E-state index contributed by atoms with van der Waals surface area (Å²) in [5.74, 6) is -2.40. The van der Waals surface area contributed by atoms with E-state index in [0.29, 0.717) is 0 Å². The van der Waals surface area contributed by atoms with E-state index in [1.807, 2.05) is 5.43 Å². The fourth-order valence-electron chi connectivity index (χ4n) is 1.21. The van der Waals surface area contributed by atoms with Crippen molar-refractivity contribution >= 4 is 17.5 Å². The second-order valence-electron chi connectivity index (χ2n) is 3.38. The number of alkyl halides is 2. The number of rotatable bonds is 4. The van der Waals surface area contributed by atoms with Gasteiger partial charge >= 0.3 is 18.4 Å². The first-order valence-electron chi connectivity index (χ1n) is 5.10. The molecule has 0 aromatic heterocycles. The first-order chi connectivity index (χ1) is 8.91. The Morgan fingerprint density at radius 2 is 2.00 bits per heavy atom. The summed E-state index contributed by atoms with van der Waals surface area (Å²) in [4.78, 5) is 21.4. The van der Waals surface area contributed by atoms with E-state index in [2.05, 4.69) is 9.84 Å². The lowest BCUT2D eigenvalue weighted by molar-refractivity contribution is -0.137. The molecule has 1 rings (SSSR count). The molecule has 19 heavy (non-hydrogen) atoms. The number of ether oxygens (including phenoxy) is 1. The molecule has 3 N–H and O–H groups in total. The topological polar surface area (TPSA) is 93.8 Å². The third-order valence-corrected chi connectivity index (χ3v) is 2.04. The minimum absolute atomic E-state index is 0.0907. The molecule has 0 fully saturated rings. The maximum absolute atomic E-state index is 12.2. The summed E-state index contributed by atoms with van der Waals surface area (Å²) >= 11 is 0. The van der Waals surface area contributed by atoms with Crippen molar-refractivity contribution in [3.05, 3.63) is 29.8 Å². The van der Waals surface area contributed by atoms with E-state index in [4.69, 9.17) is 5.73 Å². The standard InChI is InChI=1S/C11H11F2N3O3/c1-6(15-16-10(18)9(14)17)7-4-2-3-5-8(7)19-11(12)13/h2-5,11H,1H3,(H2,14,17)(H,16,18)/b15-6+. The highest BCUT2D eigenvalue weighted by atomic mass is 19.3. The van der Waals surface area contributed by atoms with Gasteiger partial charge in [0.1, 0.15) is 5.75 Å². The van der Waals surface area contributed by atoms with Crippen LogP contribution in [0.15, 0.2) is 29.4 Å². The number of halogens is 2. The van der Waals surface area contributed by atoms with Crippen molar-refractivity contribution in [2.45, 2.75) is 13.5 Å². The predicted molar refractivity (Wildman–Crippen MR) is 62.6 cm³/mol. The second kappa shape index (κ2) is 6.43. The minimum atomic E-state index is -2.98. The molecule has 0 unspecified atom stereocenters. The van der Waals surface area contributed by atoms with Crippen molar-refractivity contribution in [1.29, 1.82) is 0 Å². The Morgan fingerprint density at radius 3 is 2.58 bits per heavy atom. The zero-order valence-corrected chi connectivity index (χ0v) is 9.89. The molecule has 102 valence electrons. The Morgan fingerprint density at radius 1 is 1.37 bits per heavy atom. The molecule has 0 saturated heterocycles. The Balaban J connectivity index is 2.92. The number of carbonyl (C=O) groups is 2. The van der Waals surface area contributed by atoms with E-state index in [-0.39, 0.29) is 17.0 Å². The van der Waals surface area contributed by atoms with Crippen LogP contribution >= 0.6 is 0 Å². The lowest BCUT2D eigenvalue weighted by Crippen LogP contribution is -2.33. The summed E-state index contributed by atoms with van der Waals surface area (Å²) in [7, 11) is 0. The number of carbonyl (C=O) groups excluding carboxylic acids is 2. The number of hydrogen-bond acceptors (Lipinski definition) is 4. The molecule has 0 heterocycles. The zero-order chi connectivity index (χ0) is 14.4. The molecule has 0 radical (unpaired) electrons. The van der Waals surface area contributed by atoms with Crippen molar-refractivity contribution in [3.8, 4) is 5.75 Å². The molecule has 2 amide bonds. The highest BCUT2D eigenvalue weighted by Crippen LogP contribution is 2.20. The second-order valence-corrected chi connectivity index (χ2v) is 3.38. The van der Waals surface area contributed by atoms with Crippen molar-refractivity contribution in [2.75, 3.05) is 0 Å². The van der Waals surface area contributed by atoms with Gasteiger partial charge in [-0.25, -0.2) is 5.43 Å². The molecule has 0 atom stereocenters. The van der Waals surface area contributed by atoms with E-state index in [1.165, 1.54) is 25.1 Å². The first kappa shape index (κ1) is 14.6. The van der Waals surface area contributed by atoms with Gasteiger partial charge < -0.3 is 10.5 Å². The number of nitrogens with two attached hydrogens (primary N) is 1. The minimum Gasteiger partial charge on any atom is -0.434 e. The van der Waals surface area contributed by atoms with Gasteiger partial charge in [0.15, 0.2) is 0 Å². The smallest absolute Gasteiger partial charge is 0.387 e. The Bertz CT molecular complexity index is 518. The Labute approximate surface area is 107 Å². The average molecular weight is 271 g/mol. The lowest BCUT2D eigenvalue weighted by atomic mass is 10.1. The number of amides is 2. The molecule has 1 aromatic carbocycles. The summed E-state index contributed by atoms with van der Waals surface area (Å²) in [6.45, 7) is -1.52. The molecule has 0 spiro atoms. The number of primary amides is 1. The molecule has 1 aromatic rings. The first-order valence-corrected chi connectivity index (χ1v) is 5.10. The maximum Gasteiger partial charge on any atom is 0.387 e. The number of hydrazone groups is 1. The van der Waals surface area contributed by atoms with Crippen LogP contribution in [0.5, 0.6) is 5.75 Å². The molecular formula is C11H11F2N3O3. The zero-order valence-electron chi connectivity index (χ0n) is 9.89. The molecule has 8 heteroatoms. The van der Waals surface area contributed by atoms with Crippen LogP contribution in [0, 0.1) is 0 Å². The molecule has 0 aliphatic heterocycles. The largest absolute Gasteiger partial charge is 0.434 e. The van der Waals surface area contributed by atoms with Gasteiger partial charge in [0.2, 0.25) is 0 Å². The van der Waals surface area contributed by atoms with E-state index in [9.17, 15) is 18.4 Å². The third kappa shape index (κ3) is 4.34. The third-order valence-electron chi connectivity index (χ3n) is 2.04. The van der Waals surface area contributed by atoms with Gasteiger partial charge in [0.05, 0.1) is 5.71 Å². The lowest BCUT2D eigenvalue weighted by Gasteiger charge is -2.09. The Kier molecular flexibility index (Phi) is 4.92. The van der Waals surface area contributed by atoms with Crippen molar-refractivity contribution < 1.29 is 23.1 Å². The van der Waals surface area contributed by atoms with Crippen LogP contribution in [-0.2, 0) is 9.59 Å². The molecular weight excluding hydrogens is 260 g/mol. The summed E-state index contributed by atoms with van der Waals surface area (Å²) in [6, 6.07) is 5.91. The SMILES string of the molecule is C/C(=N\NC(=O)C(N)=O)c1ccccc1OC(F)F. The van der Waals surface area contributed by atoms with Gasteiger partial charge in [-0.1, -0.05) is 12.1 Å². The summed E-state index contributed by atoms with van der Waals surface area (Å²) in [5.41, 5.74) is 7.05. The summed E-state index contributed by atoms with van der Waals surface area (Å²) in [5, 5.41) is 3.57. The van der Waals surface area contributed by atoms with Gasteiger partial charge in [0.25, 0.3) is 0 Å². The van der Waals surface area contributed by atoms with Crippen molar-refractivity contribution in [1.82, 2.24) is 5.43 Å². The fraction of sp³-hybridized carbons (Fsp3) is 0.182. The highest BCUT2D eigenvalue weighted by Gasteiger charge is 2.12. The molecule has 6 nitrogen and oxygen atoms in total. The Hall–Kier alpha value is -2.51. The molecule has 0 aliphatic carbocycles. The summed E-state index contributed by atoms with van der Waals surface area (Å²) in [6.07, 6.45) is 0. The molecule has 0 saturated carbocycles. The normalized spacial score (nSPS) is 11.3. The van der Waals surface area contributed by atoms with Gasteiger partial charge in [-0.05, 0) is 19.1 Å². The number of para-hydroxylation sites is 1. The molecule has 0 bridgehead atoms. The fourth-order valence-corrected chi connectivity index (χ4v) is 1.21. The van der Waals surface area contributed by atoms with Crippen LogP contribution < -0.4 is 15.9 Å². The van der Waals surface area contributed by atoms with E-state index < -0.39 is 18.4 Å². The quantitative estimate of drug-likeness (QED) is 0.477. The van der Waals surface area contributed by atoms with Gasteiger partial charge in [0, 0.05) is 5.56 Å². The van der Waals surface area contributed by atoms with E-state index in [1.54, 1.807) is 6.07 Å². The monoisotopic (exact) mass is 271 g/mol. The van der Waals surface area contributed by atoms with Gasteiger partial charge in [-0.2, -0.15) is 13.9 Å². The predicted octanol–water partition coefficient (Wildman–Crippen LogP) is 0.613. The van der Waals surface area contributed by atoms with Crippen molar-refractivity contribution in [2.24, 2.45) is 10.8 Å². The number of hydrogen-bond donors (Lipinski definition) is 2. The number of nitrogens with zero attached hydrogens (tertiary/aromatic N) is 1. The van der Waals surface area contributed by atoms with E-state index in [0.717, 1.165) is 0 Å².